The molecule has 0 saturated heterocycles. The third-order valence-corrected chi connectivity index (χ3v) is 4.67. The summed E-state index contributed by atoms with van der Waals surface area (Å²) in [7, 11) is 0. The summed E-state index contributed by atoms with van der Waals surface area (Å²) in [5.41, 5.74) is 2.68. The molecule has 0 radical (unpaired) electrons. The number of halogens is 1. The van der Waals surface area contributed by atoms with E-state index in [9.17, 15) is 15.0 Å². The van der Waals surface area contributed by atoms with Crippen LogP contribution in [-0.2, 0) is 4.79 Å². The van der Waals surface area contributed by atoms with Gasteiger partial charge in [-0.25, -0.2) is 4.99 Å². The summed E-state index contributed by atoms with van der Waals surface area (Å²) in [6.45, 7) is 0.973. The summed E-state index contributed by atoms with van der Waals surface area (Å²) in [5, 5.41) is 18.4. The Labute approximate surface area is 160 Å². The van der Waals surface area contributed by atoms with Crippen LogP contribution in [0.15, 0.2) is 58.0 Å². The van der Waals surface area contributed by atoms with Crippen LogP contribution in [0.2, 0.25) is 0 Å². The van der Waals surface area contributed by atoms with Crippen molar-refractivity contribution in [2.24, 2.45) is 4.99 Å². The lowest BCUT2D eigenvalue weighted by atomic mass is 10.1. The van der Waals surface area contributed by atoms with E-state index in [-0.39, 0.29) is 25.8 Å². The normalized spacial score (nSPS) is 15.2. The number of hydrogen-bond donors (Lipinski definition) is 2. The second-order valence-corrected chi connectivity index (χ2v) is 6.81. The second kappa shape index (κ2) is 8.55. The number of amides is 1. The lowest BCUT2D eigenvalue weighted by Crippen LogP contribution is -2.43. The van der Waals surface area contributed by atoms with Gasteiger partial charge in [-0.2, -0.15) is 0 Å². The van der Waals surface area contributed by atoms with Gasteiger partial charge >= 0.3 is 0 Å². The Morgan fingerprint density at radius 1 is 1.00 bits per heavy atom. The largest absolute Gasteiger partial charge is 0.395 e. The molecule has 0 bridgehead atoms. The summed E-state index contributed by atoms with van der Waals surface area (Å²) < 4.78 is 0.949. The van der Waals surface area contributed by atoms with Gasteiger partial charge in [-0.1, -0.05) is 34.1 Å². The molecular weight excluding hydrogens is 398 g/mol. The van der Waals surface area contributed by atoms with Gasteiger partial charge in [-0.05, 0) is 30.3 Å². The highest BCUT2D eigenvalue weighted by molar-refractivity contribution is 9.10. The SMILES string of the molecule is O=C1C(=Nc2ccc(Br)cc2)c2ccccc2N1CN(CCO)CCO. The van der Waals surface area contributed by atoms with Crippen molar-refractivity contribution >= 4 is 38.9 Å². The van der Waals surface area contributed by atoms with Gasteiger partial charge in [0.15, 0.2) is 0 Å². The van der Waals surface area contributed by atoms with Gasteiger partial charge in [-0.3, -0.25) is 14.6 Å². The molecule has 6 nitrogen and oxygen atoms in total. The predicted octanol–water partition coefficient (Wildman–Crippen LogP) is 2.16. The minimum absolute atomic E-state index is 0.0382. The molecule has 0 spiro atoms. The molecule has 1 amide bonds. The molecule has 0 aliphatic carbocycles. The van der Waals surface area contributed by atoms with Crippen LogP contribution in [-0.4, -0.2) is 59.7 Å². The van der Waals surface area contributed by atoms with Crippen LogP contribution in [0.4, 0.5) is 11.4 Å². The van der Waals surface area contributed by atoms with Crippen molar-refractivity contribution in [1.29, 1.82) is 0 Å². The van der Waals surface area contributed by atoms with Gasteiger partial charge in [0.1, 0.15) is 5.71 Å². The van der Waals surface area contributed by atoms with Crippen LogP contribution in [0.3, 0.4) is 0 Å². The molecular formula is C19H20BrN3O3. The Balaban J connectivity index is 1.94. The number of benzene rings is 2. The highest BCUT2D eigenvalue weighted by atomic mass is 79.9. The molecule has 1 heterocycles. The van der Waals surface area contributed by atoms with Gasteiger partial charge in [0, 0.05) is 23.1 Å². The highest BCUT2D eigenvalue weighted by Gasteiger charge is 2.34. The number of aliphatic hydroxyl groups excluding tert-OH is 2. The van der Waals surface area contributed by atoms with E-state index >= 15 is 0 Å². The van der Waals surface area contributed by atoms with Crippen LogP contribution in [0, 0.1) is 0 Å². The maximum atomic E-state index is 13.0. The first-order valence-corrected chi connectivity index (χ1v) is 9.13. The Morgan fingerprint density at radius 2 is 1.65 bits per heavy atom. The van der Waals surface area contributed by atoms with Gasteiger partial charge in [0.05, 0.1) is 31.3 Å². The number of para-hydroxylation sites is 1. The number of carbonyl (C=O) groups is 1. The molecule has 0 saturated carbocycles. The first-order chi connectivity index (χ1) is 12.6. The number of aliphatic hydroxyl groups is 2. The van der Waals surface area contributed by atoms with E-state index < -0.39 is 0 Å². The van der Waals surface area contributed by atoms with Crippen LogP contribution in [0.1, 0.15) is 5.56 Å². The first kappa shape index (κ1) is 18.7. The van der Waals surface area contributed by atoms with Crippen molar-refractivity contribution in [3.05, 3.63) is 58.6 Å². The number of nitrogens with zero attached hydrogens (tertiary/aromatic N) is 3. The standard InChI is InChI=1S/C19H20BrN3O3/c20-14-5-7-15(8-6-14)21-18-16-3-1-2-4-17(16)23(19(18)26)13-22(9-11-24)10-12-25/h1-8,24-25H,9-13H2. The van der Waals surface area contributed by atoms with E-state index in [0.717, 1.165) is 15.7 Å². The quantitative estimate of drug-likeness (QED) is 0.723. The first-order valence-electron chi connectivity index (χ1n) is 8.33. The van der Waals surface area contributed by atoms with Crippen molar-refractivity contribution < 1.29 is 15.0 Å². The van der Waals surface area contributed by atoms with Crippen molar-refractivity contribution in [1.82, 2.24) is 4.90 Å². The number of aliphatic imine (C=N–C) groups is 1. The zero-order valence-electron chi connectivity index (χ0n) is 14.2. The summed E-state index contributed by atoms with van der Waals surface area (Å²) in [4.78, 5) is 21.0. The smallest absolute Gasteiger partial charge is 0.278 e. The van der Waals surface area contributed by atoms with E-state index in [4.69, 9.17) is 0 Å². The number of rotatable bonds is 7. The van der Waals surface area contributed by atoms with Crippen LogP contribution in [0.25, 0.3) is 0 Å². The molecule has 2 aromatic rings. The zero-order valence-corrected chi connectivity index (χ0v) is 15.8. The summed E-state index contributed by atoms with van der Waals surface area (Å²) >= 11 is 3.39. The summed E-state index contributed by atoms with van der Waals surface area (Å²) in [6, 6.07) is 15.0. The van der Waals surface area contributed by atoms with Crippen molar-refractivity contribution in [2.75, 3.05) is 37.9 Å². The third kappa shape index (κ3) is 4.02. The number of anilines is 1. The molecule has 0 atom stereocenters. The van der Waals surface area contributed by atoms with Gasteiger partial charge in [0.25, 0.3) is 5.91 Å². The minimum Gasteiger partial charge on any atom is -0.395 e. The Hall–Kier alpha value is -2.06. The van der Waals surface area contributed by atoms with Crippen LogP contribution in [0.5, 0.6) is 0 Å². The number of hydrogen-bond acceptors (Lipinski definition) is 5. The molecule has 3 rings (SSSR count). The lowest BCUT2D eigenvalue weighted by Gasteiger charge is -2.26. The molecule has 2 aromatic carbocycles. The summed E-state index contributed by atoms with van der Waals surface area (Å²) in [5.74, 6) is -0.185. The molecule has 26 heavy (non-hydrogen) atoms. The van der Waals surface area contributed by atoms with Crippen molar-refractivity contribution in [3.8, 4) is 0 Å². The fraction of sp³-hybridized carbons (Fsp3) is 0.263. The number of carbonyl (C=O) groups excluding carboxylic acids is 1. The van der Waals surface area contributed by atoms with E-state index in [1.807, 2.05) is 53.4 Å². The van der Waals surface area contributed by atoms with E-state index in [1.165, 1.54) is 0 Å². The van der Waals surface area contributed by atoms with Crippen molar-refractivity contribution in [2.45, 2.75) is 0 Å². The highest BCUT2D eigenvalue weighted by Crippen LogP contribution is 2.31. The van der Waals surface area contributed by atoms with Gasteiger partial charge < -0.3 is 10.2 Å². The molecule has 0 fully saturated rings. The summed E-state index contributed by atoms with van der Waals surface area (Å²) in [6.07, 6.45) is 0. The third-order valence-electron chi connectivity index (χ3n) is 4.14. The Kier molecular flexibility index (Phi) is 6.16. The second-order valence-electron chi connectivity index (χ2n) is 5.89. The van der Waals surface area contributed by atoms with Crippen LogP contribution < -0.4 is 4.90 Å². The minimum atomic E-state index is -0.185. The fourth-order valence-electron chi connectivity index (χ4n) is 2.89. The van der Waals surface area contributed by atoms with Crippen LogP contribution >= 0.6 is 15.9 Å². The maximum Gasteiger partial charge on any atom is 0.278 e. The predicted molar refractivity (Wildman–Crippen MR) is 105 cm³/mol. The van der Waals surface area contributed by atoms with E-state index in [2.05, 4.69) is 20.9 Å². The lowest BCUT2D eigenvalue weighted by molar-refractivity contribution is -0.112. The van der Waals surface area contributed by atoms with E-state index in [0.29, 0.717) is 24.5 Å². The monoisotopic (exact) mass is 417 g/mol. The van der Waals surface area contributed by atoms with Gasteiger partial charge in [-0.15, -0.1) is 0 Å². The van der Waals surface area contributed by atoms with E-state index in [1.54, 1.807) is 4.90 Å². The molecule has 7 heteroatoms. The average Bonchev–Trinajstić information content (AvgIpc) is 2.90. The number of fused-ring (bicyclic) bond motifs is 1. The average molecular weight is 418 g/mol. The maximum absolute atomic E-state index is 13.0. The molecule has 1 aliphatic heterocycles. The Morgan fingerprint density at radius 3 is 2.31 bits per heavy atom. The zero-order chi connectivity index (χ0) is 18.5. The molecule has 2 N–H and O–H groups in total. The van der Waals surface area contributed by atoms with Gasteiger partial charge in [0.2, 0.25) is 0 Å². The topological polar surface area (TPSA) is 76.4 Å². The molecule has 1 aliphatic rings. The Bertz CT molecular complexity index is 802. The molecule has 136 valence electrons. The molecule has 0 unspecified atom stereocenters. The molecule has 0 aromatic heterocycles. The fourth-order valence-corrected chi connectivity index (χ4v) is 3.16. The van der Waals surface area contributed by atoms with Crippen molar-refractivity contribution in [3.63, 3.8) is 0 Å².